The summed E-state index contributed by atoms with van der Waals surface area (Å²) in [4.78, 5) is 37.2. The second-order valence-electron chi connectivity index (χ2n) is 8.74. The van der Waals surface area contributed by atoms with Crippen LogP contribution in [-0.4, -0.2) is 59.4 Å². The molecule has 2 aromatic rings. The van der Waals surface area contributed by atoms with E-state index in [1.165, 1.54) is 0 Å². The number of hydrogen-bond donors (Lipinski definition) is 2. The number of carbonyl (C=O) groups excluding carboxylic acids is 2. The topological polar surface area (TPSA) is 95.9 Å². The van der Waals surface area contributed by atoms with Gasteiger partial charge in [-0.3, -0.25) is 9.59 Å². The number of carbonyl (C=O) groups is 3. The highest BCUT2D eigenvalue weighted by Gasteiger charge is 2.49. The molecule has 186 valence electrons. The molecule has 0 heterocycles. The van der Waals surface area contributed by atoms with Gasteiger partial charge in [0, 0.05) is 12.0 Å². The van der Waals surface area contributed by atoms with Crippen LogP contribution in [0.1, 0.15) is 42.7 Å². The smallest absolute Gasteiger partial charge is 0.417 e. The number of carboxylic acids is 1. The van der Waals surface area contributed by atoms with Gasteiger partial charge in [-0.1, -0.05) is 61.4 Å². The molecule has 0 bridgehead atoms. The van der Waals surface area contributed by atoms with Crippen LogP contribution in [0.15, 0.2) is 48.5 Å². The lowest BCUT2D eigenvalue weighted by Crippen LogP contribution is -2.58. The summed E-state index contributed by atoms with van der Waals surface area (Å²) in [5, 5.41) is 10.8. The van der Waals surface area contributed by atoms with Crippen LogP contribution < -0.4 is 5.32 Å². The zero-order valence-electron chi connectivity index (χ0n) is 18.8. The molecule has 4 rings (SSSR count). The van der Waals surface area contributed by atoms with E-state index in [9.17, 15) is 27.6 Å². The van der Waals surface area contributed by atoms with Crippen LogP contribution in [0.4, 0.5) is 18.0 Å². The molecular formula is C25H25F3N2O5. The molecule has 7 nitrogen and oxygen atoms in total. The minimum absolute atomic E-state index is 0.222. The van der Waals surface area contributed by atoms with E-state index in [0.29, 0.717) is 30.6 Å². The predicted molar refractivity (Wildman–Crippen MR) is 120 cm³/mol. The fourth-order valence-electron chi connectivity index (χ4n) is 4.96. The molecule has 10 heteroatoms. The molecule has 0 saturated heterocycles. The Morgan fingerprint density at radius 3 is 2.06 bits per heavy atom. The van der Waals surface area contributed by atoms with Crippen molar-refractivity contribution >= 4 is 18.0 Å². The first-order valence-electron chi connectivity index (χ1n) is 11.4. The minimum atomic E-state index is -5.13. The van der Waals surface area contributed by atoms with Gasteiger partial charge in [-0.15, -0.1) is 0 Å². The van der Waals surface area contributed by atoms with Gasteiger partial charge in [-0.2, -0.15) is 13.2 Å². The summed E-state index contributed by atoms with van der Waals surface area (Å²) in [6, 6.07) is 11.5. The zero-order valence-corrected chi connectivity index (χ0v) is 18.8. The number of amides is 2. The number of hydrogen-bond acceptors (Lipinski definition) is 4. The van der Waals surface area contributed by atoms with Gasteiger partial charge < -0.3 is 20.1 Å². The van der Waals surface area contributed by atoms with Crippen LogP contribution in [-0.2, 0) is 14.3 Å². The van der Waals surface area contributed by atoms with E-state index < -0.39 is 42.8 Å². The van der Waals surface area contributed by atoms with E-state index in [2.05, 4.69) is 0 Å². The van der Waals surface area contributed by atoms with Crippen molar-refractivity contribution in [2.45, 2.75) is 49.9 Å². The first kappa shape index (κ1) is 24.6. The summed E-state index contributed by atoms with van der Waals surface area (Å²) in [5.74, 6) is -3.29. The number of rotatable bonds is 7. The maximum atomic E-state index is 13.8. The Labute approximate surface area is 199 Å². The van der Waals surface area contributed by atoms with Gasteiger partial charge in [0.05, 0.1) is 0 Å². The van der Waals surface area contributed by atoms with Crippen LogP contribution in [0.2, 0.25) is 0 Å². The van der Waals surface area contributed by atoms with Gasteiger partial charge in [-0.25, -0.2) is 4.79 Å². The van der Waals surface area contributed by atoms with Gasteiger partial charge in [-0.05, 0) is 35.1 Å². The maximum absolute atomic E-state index is 13.8. The molecule has 1 atom stereocenters. The Hall–Kier alpha value is -3.56. The number of carboxylic acid groups (broad SMARTS) is 1. The van der Waals surface area contributed by atoms with Crippen molar-refractivity contribution in [3.8, 4) is 11.1 Å². The fraction of sp³-hybridized carbons (Fsp3) is 0.400. The number of nitrogens with zero attached hydrogens (tertiary/aromatic N) is 1. The minimum Gasteiger partial charge on any atom is -0.480 e. The number of alkyl halides is 3. The molecule has 35 heavy (non-hydrogen) atoms. The van der Waals surface area contributed by atoms with Gasteiger partial charge >= 0.3 is 18.2 Å². The maximum Gasteiger partial charge on any atom is 0.417 e. The summed E-state index contributed by atoms with van der Waals surface area (Å²) >= 11 is 0. The molecule has 2 aliphatic carbocycles. The molecule has 2 aromatic carbocycles. The monoisotopic (exact) mass is 490 g/mol. The SMILES string of the molecule is O=C(O)CN(C(=O)C(NC(=O)OCC1c2ccccc2-c2ccccc21)C(F)(F)F)C1CCCC1. The van der Waals surface area contributed by atoms with Gasteiger partial charge in [0.25, 0.3) is 5.91 Å². The molecule has 2 N–H and O–H groups in total. The molecule has 2 amide bonds. The van der Waals surface area contributed by atoms with E-state index in [1.54, 1.807) is 5.32 Å². The summed E-state index contributed by atoms with van der Waals surface area (Å²) in [5.41, 5.74) is 3.69. The van der Waals surface area contributed by atoms with E-state index in [0.717, 1.165) is 22.3 Å². The zero-order chi connectivity index (χ0) is 25.2. The highest BCUT2D eigenvalue weighted by Crippen LogP contribution is 2.44. The van der Waals surface area contributed by atoms with Crippen molar-refractivity contribution in [2.75, 3.05) is 13.2 Å². The first-order valence-corrected chi connectivity index (χ1v) is 11.4. The first-order chi connectivity index (χ1) is 16.7. The van der Waals surface area contributed by atoms with Crippen molar-refractivity contribution in [1.29, 1.82) is 0 Å². The summed E-state index contributed by atoms with van der Waals surface area (Å²) in [6.07, 6.45) is -4.33. The molecule has 0 aliphatic heterocycles. The highest BCUT2D eigenvalue weighted by molar-refractivity contribution is 5.89. The van der Waals surface area contributed by atoms with Crippen LogP contribution >= 0.6 is 0 Å². The summed E-state index contributed by atoms with van der Waals surface area (Å²) in [6.45, 7) is -1.09. The van der Waals surface area contributed by atoms with Crippen LogP contribution in [0.25, 0.3) is 11.1 Å². The molecular weight excluding hydrogens is 465 g/mol. The molecule has 1 fully saturated rings. The lowest BCUT2D eigenvalue weighted by molar-refractivity contribution is -0.177. The van der Waals surface area contributed by atoms with Crippen molar-refractivity contribution < 1.29 is 37.4 Å². The van der Waals surface area contributed by atoms with Gasteiger partial charge in [0.15, 0.2) is 0 Å². The third-order valence-electron chi connectivity index (χ3n) is 6.53. The predicted octanol–water partition coefficient (Wildman–Crippen LogP) is 4.31. The van der Waals surface area contributed by atoms with Gasteiger partial charge in [0.2, 0.25) is 6.04 Å². The Balaban J connectivity index is 1.48. The van der Waals surface area contributed by atoms with E-state index in [1.807, 2.05) is 48.5 Å². The molecule has 1 unspecified atom stereocenters. The Morgan fingerprint density at radius 1 is 1.00 bits per heavy atom. The summed E-state index contributed by atoms with van der Waals surface area (Å²) in [7, 11) is 0. The lowest BCUT2D eigenvalue weighted by Gasteiger charge is -2.32. The van der Waals surface area contributed by atoms with Crippen molar-refractivity contribution in [1.82, 2.24) is 10.2 Å². The Morgan fingerprint density at radius 2 is 1.54 bits per heavy atom. The molecule has 1 saturated carbocycles. The molecule has 0 radical (unpaired) electrons. The second-order valence-corrected chi connectivity index (χ2v) is 8.74. The normalized spacial score (nSPS) is 16.3. The third kappa shape index (κ3) is 5.26. The van der Waals surface area contributed by atoms with Crippen molar-refractivity contribution in [3.05, 3.63) is 59.7 Å². The number of aliphatic carboxylic acids is 1. The average molecular weight is 490 g/mol. The van der Waals surface area contributed by atoms with Gasteiger partial charge in [0.1, 0.15) is 13.2 Å². The van der Waals surface area contributed by atoms with E-state index in [-0.39, 0.29) is 12.5 Å². The van der Waals surface area contributed by atoms with E-state index >= 15 is 0 Å². The van der Waals surface area contributed by atoms with Crippen LogP contribution in [0, 0.1) is 0 Å². The lowest BCUT2D eigenvalue weighted by atomic mass is 9.98. The largest absolute Gasteiger partial charge is 0.480 e. The third-order valence-corrected chi connectivity index (χ3v) is 6.53. The summed E-state index contributed by atoms with van der Waals surface area (Å²) < 4.78 is 46.5. The van der Waals surface area contributed by atoms with Crippen molar-refractivity contribution in [3.63, 3.8) is 0 Å². The number of halogens is 3. The number of nitrogens with one attached hydrogen (secondary N) is 1. The highest BCUT2D eigenvalue weighted by atomic mass is 19.4. The molecule has 2 aliphatic rings. The molecule has 0 spiro atoms. The van der Waals surface area contributed by atoms with Crippen LogP contribution in [0.3, 0.4) is 0 Å². The second kappa shape index (κ2) is 9.97. The fourth-order valence-corrected chi connectivity index (χ4v) is 4.96. The number of alkyl carbamates (subject to hydrolysis) is 1. The molecule has 0 aromatic heterocycles. The van der Waals surface area contributed by atoms with Crippen molar-refractivity contribution in [2.24, 2.45) is 0 Å². The number of fused-ring (bicyclic) bond motifs is 3. The quantitative estimate of drug-likeness (QED) is 0.603. The number of ether oxygens (including phenoxy) is 1. The Kier molecular flexibility index (Phi) is 7.00. The van der Waals surface area contributed by atoms with E-state index in [4.69, 9.17) is 9.84 Å². The average Bonchev–Trinajstić information content (AvgIpc) is 3.45. The van der Waals surface area contributed by atoms with Crippen LogP contribution in [0.5, 0.6) is 0 Å². The standard InChI is InChI=1S/C25H25F3N2O5/c26-25(27,28)22(23(33)30(13-21(31)32)15-7-1-2-8-15)29-24(34)35-14-20-18-11-5-3-9-16(18)17-10-4-6-12-19(17)20/h3-6,9-12,15,20,22H,1-2,7-8,13-14H2,(H,29,34)(H,31,32). The number of benzene rings is 2. The Bertz CT molecular complexity index is 1070.